The summed E-state index contributed by atoms with van der Waals surface area (Å²) in [6.45, 7) is 2.41. The number of nitrogens with one attached hydrogen (secondary N) is 2. The average Bonchev–Trinajstić information content (AvgIpc) is 3.09. The molecule has 6 nitrogen and oxygen atoms in total. The normalized spacial score (nSPS) is 15.5. The first-order valence-electron chi connectivity index (χ1n) is 8.16. The Morgan fingerprint density at radius 2 is 2.04 bits per heavy atom. The SMILES string of the molecule is O=C(CCC1CCNCC1)NCc1nc(-c2ccccc2)no1. The van der Waals surface area contributed by atoms with Crippen molar-refractivity contribution in [2.45, 2.75) is 32.2 Å². The van der Waals surface area contributed by atoms with E-state index in [2.05, 4.69) is 20.8 Å². The number of amides is 1. The van der Waals surface area contributed by atoms with Crippen LogP contribution in [0, 0.1) is 5.92 Å². The van der Waals surface area contributed by atoms with Gasteiger partial charge in [0.2, 0.25) is 17.6 Å². The lowest BCUT2D eigenvalue weighted by molar-refractivity contribution is -0.121. The molecule has 2 N–H and O–H groups in total. The van der Waals surface area contributed by atoms with Gasteiger partial charge in [-0.3, -0.25) is 4.79 Å². The Balaban J connectivity index is 1.43. The van der Waals surface area contributed by atoms with Crippen LogP contribution >= 0.6 is 0 Å². The largest absolute Gasteiger partial charge is 0.347 e. The number of carbonyl (C=O) groups is 1. The van der Waals surface area contributed by atoms with Gasteiger partial charge in [0.1, 0.15) is 0 Å². The zero-order valence-electron chi connectivity index (χ0n) is 13.1. The highest BCUT2D eigenvalue weighted by atomic mass is 16.5. The molecule has 1 aliphatic rings. The number of benzene rings is 1. The molecule has 3 rings (SSSR count). The average molecular weight is 314 g/mol. The first-order chi connectivity index (χ1) is 11.3. The quantitative estimate of drug-likeness (QED) is 0.854. The van der Waals surface area contributed by atoms with Crippen LogP contribution in [0.4, 0.5) is 0 Å². The van der Waals surface area contributed by atoms with Gasteiger partial charge in [-0.15, -0.1) is 0 Å². The van der Waals surface area contributed by atoms with Crippen molar-refractivity contribution in [1.82, 2.24) is 20.8 Å². The molecule has 0 saturated carbocycles. The van der Waals surface area contributed by atoms with Crippen molar-refractivity contribution >= 4 is 5.91 Å². The van der Waals surface area contributed by atoms with Crippen LogP contribution in [-0.4, -0.2) is 29.1 Å². The van der Waals surface area contributed by atoms with Crippen LogP contribution in [0.15, 0.2) is 34.9 Å². The van der Waals surface area contributed by atoms with Gasteiger partial charge in [0.15, 0.2) is 0 Å². The van der Waals surface area contributed by atoms with E-state index in [-0.39, 0.29) is 12.5 Å². The molecule has 2 aromatic rings. The van der Waals surface area contributed by atoms with Gasteiger partial charge in [-0.2, -0.15) is 4.98 Å². The van der Waals surface area contributed by atoms with Crippen molar-refractivity contribution in [1.29, 1.82) is 0 Å². The number of nitrogens with zero attached hydrogens (tertiary/aromatic N) is 2. The third-order valence-electron chi connectivity index (χ3n) is 4.18. The van der Waals surface area contributed by atoms with Gasteiger partial charge in [0.25, 0.3) is 0 Å². The first kappa shape index (κ1) is 15.7. The molecule has 1 aromatic carbocycles. The van der Waals surface area contributed by atoms with Crippen LogP contribution in [-0.2, 0) is 11.3 Å². The molecule has 0 bridgehead atoms. The van der Waals surface area contributed by atoms with Crippen LogP contribution in [0.2, 0.25) is 0 Å². The molecule has 1 aromatic heterocycles. The summed E-state index contributed by atoms with van der Waals surface area (Å²) in [6.07, 6.45) is 3.84. The smallest absolute Gasteiger partial charge is 0.246 e. The van der Waals surface area contributed by atoms with E-state index in [0.29, 0.717) is 24.1 Å². The number of carbonyl (C=O) groups excluding carboxylic acids is 1. The molecule has 0 atom stereocenters. The minimum absolute atomic E-state index is 0.0444. The summed E-state index contributed by atoms with van der Waals surface area (Å²) in [5, 5.41) is 10.1. The van der Waals surface area contributed by atoms with Gasteiger partial charge < -0.3 is 15.2 Å². The van der Waals surface area contributed by atoms with Gasteiger partial charge in [-0.25, -0.2) is 0 Å². The van der Waals surface area contributed by atoms with E-state index in [4.69, 9.17) is 4.52 Å². The van der Waals surface area contributed by atoms with E-state index >= 15 is 0 Å². The van der Waals surface area contributed by atoms with E-state index < -0.39 is 0 Å². The molecular weight excluding hydrogens is 292 g/mol. The standard InChI is InChI=1S/C17H22N4O2/c22-15(7-6-13-8-10-18-11-9-13)19-12-16-20-17(21-23-16)14-4-2-1-3-5-14/h1-5,13,18H,6-12H2,(H,19,22). The fourth-order valence-electron chi connectivity index (χ4n) is 2.80. The second-order valence-electron chi connectivity index (χ2n) is 5.89. The van der Waals surface area contributed by atoms with Crippen molar-refractivity contribution in [2.24, 2.45) is 5.92 Å². The summed E-state index contributed by atoms with van der Waals surface area (Å²) < 4.78 is 5.18. The van der Waals surface area contributed by atoms with Crippen molar-refractivity contribution in [3.05, 3.63) is 36.2 Å². The maximum atomic E-state index is 11.9. The lowest BCUT2D eigenvalue weighted by Crippen LogP contribution is -2.29. The van der Waals surface area contributed by atoms with E-state index in [0.717, 1.165) is 37.9 Å². The Morgan fingerprint density at radius 1 is 1.26 bits per heavy atom. The van der Waals surface area contributed by atoms with Crippen molar-refractivity contribution in [2.75, 3.05) is 13.1 Å². The molecule has 122 valence electrons. The van der Waals surface area contributed by atoms with E-state index in [9.17, 15) is 4.79 Å². The molecule has 0 spiro atoms. The second-order valence-corrected chi connectivity index (χ2v) is 5.89. The number of piperidine rings is 1. The van der Waals surface area contributed by atoms with Gasteiger partial charge in [0, 0.05) is 12.0 Å². The van der Waals surface area contributed by atoms with Crippen LogP contribution in [0.3, 0.4) is 0 Å². The lowest BCUT2D eigenvalue weighted by Gasteiger charge is -2.22. The zero-order chi connectivity index (χ0) is 15.9. The number of hydrogen-bond acceptors (Lipinski definition) is 5. The maximum Gasteiger partial charge on any atom is 0.246 e. The molecule has 0 radical (unpaired) electrons. The van der Waals surface area contributed by atoms with Crippen LogP contribution in [0.25, 0.3) is 11.4 Å². The molecule has 1 fully saturated rings. The highest BCUT2D eigenvalue weighted by Gasteiger charge is 2.15. The van der Waals surface area contributed by atoms with Crippen molar-refractivity contribution in [3.63, 3.8) is 0 Å². The topological polar surface area (TPSA) is 80.0 Å². The Hall–Kier alpha value is -2.21. The number of rotatable bonds is 6. The molecule has 1 saturated heterocycles. The summed E-state index contributed by atoms with van der Waals surface area (Å²) in [6, 6.07) is 9.63. The zero-order valence-corrected chi connectivity index (χ0v) is 13.1. The Bertz CT molecular complexity index is 621. The summed E-state index contributed by atoms with van der Waals surface area (Å²) in [5.41, 5.74) is 0.903. The molecule has 0 unspecified atom stereocenters. The third-order valence-corrected chi connectivity index (χ3v) is 4.18. The third kappa shape index (κ3) is 4.63. The Labute approximate surface area is 135 Å². The Morgan fingerprint density at radius 3 is 2.83 bits per heavy atom. The predicted molar refractivity (Wildman–Crippen MR) is 86.4 cm³/mol. The van der Waals surface area contributed by atoms with Gasteiger partial charge in [-0.1, -0.05) is 35.5 Å². The van der Waals surface area contributed by atoms with Crippen LogP contribution < -0.4 is 10.6 Å². The van der Waals surface area contributed by atoms with Gasteiger partial charge in [0.05, 0.1) is 6.54 Å². The minimum Gasteiger partial charge on any atom is -0.347 e. The Kier molecular flexibility index (Phi) is 5.37. The van der Waals surface area contributed by atoms with Crippen molar-refractivity contribution in [3.8, 4) is 11.4 Å². The summed E-state index contributed by atoms with van der Waals surface area (Å²) in [7, 11) is 0. The summed E-state index contributed by atoms with van der Waals surface area (Å²) in [5.74, 6) is 1.68. The van der Waals surface area contributed by atoms with Crippen LogP contribution in [0.5, 0.6) is 0 Å². The molecule has 23 heavy (non-hydrogen) atoms. The molecule has 6 heteroatoms. The minimum atomic E-state index is 0.0444. The fourth-order valence-corrected chi connectivity index (χ4v) is 2.80. The fraction of sp³-hybridized carbons (Fsp3) is 0.471. The number of hydrogen-bond donors (Lipinski definition) is 2. The summed E-state index contributed by atoms with van der Waals surface area (Å²) >= 11 is 0. The maximum absolute atomic E-state index is 11.9. The summed E-state index contributed by atoms with van der Waals surface area (Å²) in [4.78, 5) is 16.2. The second kappa shape index (κ2) is 7.87. The van der Waals surface area contributed by atoms with Crippen LogP contribution in [0.1, 0.15) is 31.6 Å². The van der Waals surface area contributed by atoms with E-state index in [1.54, 1.807) is 0 Å². The predicted octanol–water partition coefficient (Wildman–Crippen LogP) is 2.13. The lowest BCUT2D eigenvalue weighted by atomic mass is 9.93. The van der Waals surface area contributed by atoms with E-state index in [1.807, 2.05) is 30.3 Å². The monoisotopic (exact) mass is 314 g/mol. The van der Waals surface area contributed by atoms with E-state index in [1.165, 1.54) is 0 Å². The molecule has 1 aliphatic heterocycles. The molecule has 2 heterocycles. The molecule has 1 amide bonds. The highest BCUT2D eigenvalue weighted by Crippen LogP contribution is 2.17. The highest BCUT2D eigenvalue weighted by molar-refractivity contribution is 5.75. The van der Waals surface area contributed by atoms with Crippen molar-refractivity contribution < 1.29 is 9.32 Å². The van der Waals surface area contributed by atoms with Gasteiger partial charge >= 0.3 is 0 Å². The molecule has 0 aliphatic carbocycles. The number of aromatic nitrogens is 2. The van der Waals surface area contributed by atoms with Gasteiger partial charge in [-0.05, 0) is 38.3 Å². The first-order valence-corrected chi connectivity index (χ1v) is 8.16. The molecular formula is C17H22N4O2.